The molecule has 21 heavy (non-hydrogen) atoms. The second-order valence-electron chi connectivity index (χ2n) is 4.64. The number of nitrogens with one attached hydrogen (secondary N) is 1. The van der Waals surface area contributed by atoms with Gasteiger partial charge in [0.2, 0.25) is 5.88 Å². The first-order chi connectivity index (χ1) is 10.1. The Kier molecular flexibility index (Phi) is 5.07. The topological polar surface area (TPSA) is 100 Å². The van der Waals surface area contributed by atoms with Crippen LogP contribution in [0.1, 0.15) is 32.6 Å². The van der Waals surface area contributed by atoms with Crippen molar-refractivity contribution in [2.75, 3.05) is 12.0 Å². The maximum atomic E-state index is 5.69. The van der Waals surface area contributed by atoms with Crippen molar-refractivity contribution in [2.24, 2.45) is 5.84 Å². The van der Waals surface area contributed by atoms with Crippen LogP contribution in [0.25, 0.3) is 0 Å². The zero-order valence-electron chi connectivity index (χ0n) is 12.4. The van der Waals surface area contributed by atoms with E-state index in [9.17, 15) is 0 Å². The van der Waals surface area contributed by atoms with E-state index in [2.05, 4.69) is 20.5 Å². The van der Waals surface area contributed by atoms with E-state index in [1.807, 2.05) is 27.0 Å². The lowest BCUT2D eigenvalue weighted by Gasteiger charge is -2.08. The minimum Gasteiger partial charge on any atom is -0.436 e. The molecule has 0 aliphatic heterocycles. The number of anilines is 1. The Morgan fingerprint density at radius 1 is 1.38 bits per heavy atom. The highest BCUT2D eigenvalue weighted by Crippen LogP contribution is 2.22. The molecule has 2 rings (SSSR count). The number of nitrogens with zero attached hydrogens (tertiary/aromatic N) is 4. The predicted octanol–water partition coefficient (Wildman–Crippen LogP) is 1.87. The van der Waals surface area contributed by atoms with Crippen LogP contribution in [0.4, 0.5) is 5.82 Å². The van der Waals surface area contributed by atoms with Gasteiger partial charge in [-0.1, -0.05) is 0 Å². The van der Waals surface area contributed by atoms with Gasteiger partial charge >= 0.3 is 0 Å². The number of hydrogen-bond acceptors (Lipinski definition) is 7. The molecule has 8 heteroatoms. The molecule has 0 fully saturated rings. The van der Waals surface area contributed by atoms with Crippen molar-refractivity contribution in [1.82, 2.24) is 19.7 Å². The largest absolute Gasteiger partial charge is 0.436 e. The molecule has 0 atom stereocenters. The van der Waals surface area contributed by atoms with Gasteiger partial charge in [0.25, 0.3) is 0 Å². The molecule has 0 amide bonds. The van der Waals surface area contributed by atoms with E-state index in [1.54, 1.807) is 16.9 Å². The summed E-state index contributed by atoms with van der Waals surface area (Å²) in [6.07, 6.45) is 3.45. The number of ether oxygens (including phenoxy) is 2. The molecule has 0 radical (unpaired) electrons. The number of hydrazine groups is 1. The zero-order chi connectivity index (χ0) is 15.2. The maximum Gasteiger partial charge on any atom is 0.224 e. The molecule has 0 saturated carbocycles. The van der Waals surface area contributed by atoms with Gasteiger partial charge < -0.3 is 14.9 Å². The molecular formula is C13H20N6O2. The Morgan fingerprint density at radius 2 is 2.19 bits per heavy atom. The summed E-state index contributed by atoms with van der Waals surface area (Å²) in [6, 6.07) is 1.88. The standard InChI is InChI=1S/C13H20N6O2/c1-4-20-8-12-16-11(18-14)5-13(17-12)21-10-6-15-19(7-10)9(2)3/h5-7,9H,4,8,14H2,1-3H3,(H,16,17,18). The molecule has 0 aliphatic carbocycles. The molecule has 0 aromatic carbocycles. The van der Waals surface area contributed by atoms with Crippen LogP contribution >= 0.6 is 0 Å². The van der Waals surface area contributed by atoms with Gasteiger partial charge in [-0.3, -0.25) is 4.68 Å². The Balaban J connectivity index is 2.17. The van der Waals surface area contributed by atoms with E-state index in [0.717, 1.165) is 0 Å². The van der Waals surface area contributed by atoms with Gasteiger partial charge in [0.05, 0.1) is 12.4 Å². The van der Waals surface area contributed by atoms with Crippen molar-refractivity contribution in [3.63, 3.8) is 0 Å². The lowest BCUT2D eigenvalue weighted by Crippen LogP contribution is -2.11. The average Bonchev–Trinajstić information content (AvgIpc) is 2.93. The Morgan fingerprint density at radius 3 is 2.81 bits per heavy atom. The van der Waals surface area contributed by atoms with Crippen molar-refractivity contribution in [3.8, 4) is 11.6 Å². The summed E-state index contributed by atoms with van der Waals surface area (Å²) in [6.45, 7) is 6.87. The molecule has 2 aromatic rings. The second-order valence-corrected chi connectivity index (χ2v) is 4.64. The quantitative estimate of drug-likeness (QED) is 0.593. The van der Waals surface area contributed by atoms with Crippen LogP contribution in [0.5, 0.6) is 11.6 Å². The van der Waals surface area contributed by atoms with E-state index in [4.69, 9.17) is 15.3 Å². The molecule has 0 unspecified atom stereocenters. The van der Waals surface area contributed by atoms with Crippen molar-refractivity contribution in [3.05, 3.63) is 24.3 Å². The third kappa shape index (κ3) is 4.14. The van der Waals surface area contributed by atoms with E-state index in [0.29, 0.717) is 36.5 Å². The third-order valence-corrected chi connectivity index (χ3v) is 2.66. The maximum absolute atomic E-state index is 5.69. The number of nitrogens with two attached hydrogens (primary N) is 1. The molecule has 2 aromatic heterocycles. The summed E-state index contributed by atoms with van der Waals surface area (Å²) < 4.78 is 12.8. The smallest absolute Gasteiger partial charge is 0.224 e. The van der Waals surface area contributed by atoms with Crippen LogP contribution in [0.3, 0.4) is 0 Å². The summed E-state index contributed by atoms with van der Waals surface area (Å²) in [4.78, 5) is 8.47. The Hall–Kier alpha value is -2.19. The molecule has 0 aliphatic rings. The fourth-order valence-electron chi connectivity index (χ4n) is 1.63. The highest BCUT2D eigenvalue weighted by atomic mass is 16.5. The van der Waals surface area contributed by atoms with Crippen LogP contribution in [-0.4, -0.2) is 26.4 Å². The fourth-order valence-corrected chi connectivity index (χ4v) is 1.63. The number of rotatable bonds is 7. The van der Waals surface area contributed by atoms with Crippen molar-refractivity contribution in [1.29, 1.82) is 0 Å². The Bertz CT molecular complexity index is 584. The van der Waals surface area contributed by atoms with E-state index in [1.165, 1.54) is 0 Å². The fraction of sp³-hybridized carbons (Fsp3) is 0.462. The monoisotopic (exact) mass is 292 g/mol. The van der Waals surface area contributed by atoms with Crippen LogP contribution < -0.4 is 16.0 Å². The zero-order valence-corrected chi connectivity index (χ0v) is 12.4. The van der Waals surface area contributed by atoms with Crippen LogP contribution in [0.15, 0.2) is 18.5 Å². The summed E-state index contributed by atoms with van der Waals surface area (Å²) in [5.74, 6) is 7.35. The minimum atomic E-state index is 0.266. The number of aromatic nitrogens is 4. The highest BCUT2D eigenvalue weighted by Gasteiger charge is 2.08. The molecule has 114 valence electrons. The average molecular weight is 292 g/mol. The van der Waals surface area contributed by atoms with Gasteiger partial charge in [-0.25, -0.2) is 10.8 Å². The molecular weight excluding hydrogens is 272 g/mol. The van der Waals surface area contributed by atoms with E-state index < -0.39 is 0 Å². The molecule has 0 spiro atoms. The summed E-state index contributed by atoms with van der Waals surface area (Å²) in [7, 11) is 0. The van der Waals surface area contributed by atoms with Gasteiger partial charge in [-0.05, 0) is 20.8 Å². The lowest BCUT2D eigenvalue weighted by molar-refractivity contribution is 0.128. The van der Waals surface area contributed by atoms with Crippen molar-refractivity contribution >= 4 is 5.82 Å². The lowest BCUT2D eigenvalue weighted by atomic mass is 10.4. The van der Waals surface area contributed by atoms with E-state index >= 15 is 0 Å². The first-order valence-electron chi connectivity index (χ1n) is 6.76. The first-order valence-corrected chi connectivity index (χ1v) is 6.76. The van der Waals surface area contributed by atoms with Crippen LogP contribution in [0.2, 0.25) is 0 Å². The van der Waals surface area contributed by atoms with Gasteiger partial charge in [-0.15, -0.1) is 0 Å². The van der Waals surface area contributed by atoms with Gasteiger partial charge in [-0.2, -0.15) is 10.1 Å². The summed E-state index contributed by atoms with van der Waals surface area (Å²) in [5.41, 5.74) is 2.49. The third-order valence-electron chi connectivity index (χ3n) is 2.66. The van der Waals surface area contributed by atoms with E-state index in [-0.39, 0.29) is 6.04 Å². The van der Waals surface area contributed by atoms with Gasteiger partial charge in [0.15, 0.2) is 11.6 Å². The SMILES string of the molecule is CCOCc1nc(NN)cc(Oc2cnn(C(C)C)c2)n1. The number of hydrogen-bond donors (Lipinski definition) is 2. The minimum absolute atomic E-state index is 0.266. The van der Waals surface area contributed by atoms with Crippen molar-refractivity contribution < 1.29 is 9.47 Å². The van der Waals surface area contributed by atoms with Gasteiger partial charge in [0.1, 0.15) is 12.4 Å². The van der Waals surface area contributed by atoms with Crippen LogP contribution in [0, 0.1) is 0 Å². The summed E-state index contributed by atoms with van der Waals surface area (Å²) >= 11 is 0. The van der Waals surface area contributed by atoms with Crippen molar-refractivity contribution in [2.45, 2.75) is 33.4 Å². The van der Waals surface area contributed by atoms with Crippen LogP contribution in [-0.2, 0) is 11.3 Å². The normalized spacial score (nSPS) is 10.9. The Labute approximate surface area is 123 Å². The highest BCUT2D eigenvalue weighted by molar-refractivity contribution is 5.38. The molecule has 3 N–H and O–H groups in total. The van der Waals surface area contributed by atoms with Gasteiger partial charge in [0, 0.05) is 18.7 Å². The predicted molar refractivity (Wildman–Crippen MR) is 77.9 cm³/mol. The second kappa shape index (κ2) is 7.00. The summed E-state index contributed by atoms with van der Waals surface area (Å²) in [5, 5.41) is 4.21. The molecule has 0 saturated heterocycles. The molecule has 2 heterocycles. The first kappa shape index (κ1) is 15.2. The number of nitrogen functional groups attached to an aromatic ring is 1. The molecule has 0 bridgehead atoms. The molecule has 8 nitrogen and oxygen atoms in total.